The maximum absolute atomic E-state index is 12.6. The Kier molecular flexibility index (Phi) is 3.97. The standard InChI is InChI=1S/C18H14ClN3O3/c1-18(2)7-12-4-3-11(9-20)5-14(12)16(8-18)21-10-13(19)6-15(17(21)23)22(24)25/h3-6,8,10H,7H2,1-2H3. The molecule has 3 rings (SSSR count). The van der Waals surface area contributed by atoms with Crippen LogP contribution in [-0.2, 0) is 6.42 Å². The first-order valence-corrected chi connectivity index (χ1v) is 7.93. The van der Waals surface area contributed by atoms with Gasteiger partial charge >= 0.3 is 11.2 Å². The molecular weight excluding hydrogens is 342 g/mol. The van der Waals surface area contributed by atoms with Crippen LogP contribution in [0.25, 0.3) is 5.70 Å². The molecule has 1 heterocycles. The Bertz CT molecular complexity index is 1030. The van der Waals surface area contributed by atoms with Crippen molar-refractivity contribution in [1.82, 2.24) is 4.57 Å². The van der Waals surface area contributed by atoms with Gasteiger partial charge in [-0.1, -0.05) is 37.6 Å². The van der Waals surface area contributed by atoms with Crippen molar-refractivity contribution < 1.29 is 4.92 Å². The second-order valence-electron chi connectivity index (χ2n) is 6.65. The van der Waals surface area contributed by atoms with E-state index >= 15 is 0 Å². The van der Waals surface area contributed by atoms with Crippen LogP contribution in [0, 0.1) is 26.9 Å². The Balaban J connectivity index is 2.34. The molecule has 0 radical (unpaired) electrons. The van der Waals surface area contributed by atoms with Crippen molar-refractivity contribution in [2.24, 2.45) is 5.41 Å². The van der Waals surface area contributed by atoms with E-state index in [0.717, 1.165) is 18.1 Å². The number of benzene rings is 1. The molecule has 0 bridgehead atoms. The maximum atomic E-state index is 12.6. The lowest BCUT2D eigenvalue weighted by atomic mass is 9.77. The number of nitrogens with zero attached hydrogens (tertiary/aromatic N) is 3. The van der Waals surface area contributed by atoms with Crippen LogP contribution in [-0.4, -0.2) is 9.49 Å². The molecule has 0 fully saturated rings. The summed E-state index contributed by atoms with van der Waals surface area (Å²) < 4.78 is 1.20. The van der Waals surface area contributed by atoms with Gasteiger partial charge < -0.3 is 0 Å². The van der Waals surface area contributed by atoms with E-state index in [1.54, 1.807) is 12.1 Å². The number of nitro groups is 1. The number of allylic oxidation sites excluding steroid dienone is 1. The molecule has 1 aliphatic carbocycles. The van der Waals surface area contributed by atoms with Crippen molar-refractivity contribution in [3.63, 3.8) is 0 Å². The van der Waals surface area contributed by atoms with E-state index < -0.39 is 16.2 Å². The number of hydrogen-bond acceptors (Lipinski definition) is 4. The van der Waals surface area contributed by atoms with Crippen molar-refractivity contribution in [2.75, 3.05) is 0 Å². The SMILES string of the molecule is CC1(C)C=C(n2cc(Cl)cc([N+](=O)[O-])c2=O)c2cc(C#N)ccc2C1. The maximum Gasteiger partial charge on any atom is 0.335 e. The number of pyridine rings is 1. The molecule has 0 amide bonds. The third-order valence-electron chi connectivity index (χ3n) is 4.11. The number of nitriles is 1. The topological polar surface area (TPSA) is 88.9 Å². The molecule has 0 saturated heterocycles. The summed E-state index contributed by atoms with van der Waals surface area (Å²) in [4.78, 5) is 23.0. The minimum Gasteiger partial charge on any atom is -0.277 e. The van der Waals surface area contributed by atoms with Gasteiger partial charge in [0, 0.05) is 17.8 Å². The number of aromatic nitrogens is 1. The van der Waals surface area contributed by atoms with E-state index in [9.17, 15) is 14.9 Å². The van der Waals surface area contributed by atoms with Gasteiger partial charge in [-0.3, -0.25) is 19.5 Å². The van der Waals surface area contributed by atoms with E-state index in [2.05, 4.69) is 6.07 Å². The molecule has 0 unspecified atom stereocenters. The quantitative estimate of drug-likeness (QED) is 0.606. The van der Waals surface area contributed by atoms with Crippen LogP contribution in [0.1, 0.15) is 30.5 Å². The Labute approximate surface area is 148 Å². The summed E-state index contributed by atoms with van der Waals surface area (Å²) in [6, 6.07) is 8.39. The fourth-order valence-electron chi connectivity index (χ4n) is 3.07. The van der Waals surface area contributed by atoms with Gasteiger partial charge in [0.1, 0.15) is 0 Å². The van der Waals surface area contributed by atoms with Crippen LogP contribution in [0.5, 0.6) is 0 Å². The Morgan fingerprint density at radius 3 is 2.72 bits per heavy atom. The van der Waals surface area contributed by atoms with Gasteiger partial charge in [-0.25, -0.2) is 0 Å². The summed E-state index contributed by atoms with van der Waals surface area (Å²) >= 11 is 6.00. The van der Waals surface area contributed by atoms with Gasteiger partial charge in [0.25, 0.3) is 0 Å². The number of rotatable bonds is 2. The third-order valence-corrected chi connectivity index (χ3v) is 4.32. The summed E-state index contributed by atoms with van der Waals surface area (Å²) in [6.45, 7) is 4.02. The number of halogens is 1. The first kappa shape index (κ1) is 16.9. The molecular formula is C18H14ClN3O3. The molecule has 0 atom stereocenters. The summed E-state index contributed by atoms with van der Waals surface area (Å²) in [7, 11) is 0. The van der Waals surface area contributed by atoms with Crippen LogP contribution in [0.3, 0.4) is 0 Å². The second-order valence-corrected chi connectivity index (χ2v) is 7.09. The molecule has 1 aromatic heterocycles. The molecule has 0 N–H and O–H groups in total. The smallest absolute Gasteiger partial charge is 0.277 e. The van der Waals surface area contributed by atoms with E-state index in [1.165, 1.54) is 10.8 Å². The minimum atomic E-state index is -0.758. The lowest BCUT2D eigenvalue weighted by Crippen LogP contribution is -2.27. The highest BCUT2D eigenvalue weighted by Crippen LogP contribution is 2.37. The highest BCUT2D eigenvalue weighted by molar-refractivity contribution is 6.30. The zero-order valence-electron chi connectivity index (χ0n) is 13.6. The normalized spacial score (nSPS) is 15.0. The average Bonchev–Trinajstić information content (AvgIpc) is 2.54. The van der Waals surface area contributed by atoms with E-state index in [0.29, 0.717) is 16.8 Å². The fourth-order valence-corrected chi connectivity index (χ4v) is 3.27. The molecule has 2 aromatic rings. The van der Waals surface area contributed by atoms with Crippen LogP contribution >= 0.6 is 11.6 Å². The third kappa shape index (κ3) is 3.06. The molecule has 25 heavy (non-hydrogen) atoms. The molecule has 7 heteroatoms. The van der Waals surface area contributed by atoms with Crippen molar-refractivity contribution in [1.29, 1.82) is 5.26 Å². The monoisotopic (exact) mass is 355 g/mol. The highest BCUT2D eigenvalue weighted by atomic mass is 35.5. The zero-order chi connectivity index (χ0) is 18.4. The van der Waals surface area contributed by atoms with E-state index in [1.807, 2.05) is 26.0 Å². The van der Waals surface area contributed by atoms with Crippen molar-refractivity contribution in [2.45, 2.75) is 20.3 Å². The van der Waals surface area contributed by atoms with E-state index in [4.69, 9.17) is 16.9 Å². The summed E-state index contributed by atoms with van der Waals surface area (Å²) in [5.41, 5.74) is 1.02. The van der Waals surface area contributed by atoms with Gasteiger partial charge in [-0.15, -0.1) is 0 Å². The van der Waals surface area contributed by atoms with Crippen molar-refractivity contribution in [3.8, 4) is 6.07 Å². The minimum absolute atomic E-state index is 0.0913. The zero-order valence-corrected chi connectivity index (χ0v) is 14.4. The lowest BCUT2D eigenvalue weighted by Gasteiger charge is -2.30. The van der Waals surface area contributed by atoms with Gasteiger partial charge in [0.2, 0.25) is 0 Å². The molecule has 126 valence electrons. The first-order valence-electron chi connectivity index (χ1n) is 7.55. The number of hydrogen-bond donors (Lipinski definition) is 0. The van der Waals surface area contributed by atoms with Gasteiger partial charge in [-0.05, 0) is 29.5 Å². The van der Waals surface area contributed by atoms with Crippen molar-refractivity contribution in [3.05, 3.63) is 78.7 Å². The summed E-state index contributed by atoms with van der Waals surface area (Å²) in [6.07, 6.45) is 3.99. The van der Waals surface area contributed by atoms with Crippen LogP contribution in [0.4, 0.5) is 5.69 Å². The Hall–Kier alpha value is -2.91. The number of fused-ring (bicyclic) bond motifs is 1. The average molecular weight is 356 g/mol. The van der Waals surface area contributed by atoms with Crippen molar-refractivity contribution >= 4 is 23.0 Å². The summed E-state index contributed by atoms with van der Waals surface area (Å²) in [5.74, 6) is 0. The van der Waals surface area contributed by atoms with Gasteiger partial charge in [0.15, 0.2) is 0 Å². The molecule has 1 aromatic carbocycles. The van der Waals surface area contributed by atoms with Crippen LogP contribution < -0.4 is 5.56 Å². The molecule has 0 spiro atoms. The van der Waals surface area contributed by atoms with E-state index in [-0.39, 0.29) is 10.4 Å². The van der Waals surface area contributed by atoms with Crippen LogP contribution in [0.15, 0.2) is 41.3 Å². The second kappa shape index (κ2) is 5.87. The lowest BCUT2D eigenvalue weighted by molar-refractivity contribution is -0.386. The molecule has 1 aliphatic rings. The fraction of sp³-hybridized carbons (Fsp3) is 0.222. The highest BCUT2D eigenvalue weighted by Gasteiger charge is 2.28. The largest absolute Gasteiger partial charge is 0.335 e. The molecule has 0 aliphatic heterocycles. The van der Waals surface area contributed by atoms with Gasteiger partial charge in [0.05, 0.1) is 27.3 Å². The first-order chi connectivity index (χ1) is 11.7. The predicted molar refractivity (Wildman–Crippen MR) is 94.4 cm³/mol. The summed E-state index contributed by atoms with van der Waals surface area (Å²) in [5, 5.41) is 20.4. The molecule has 6 nitrogen and oxygen atoms in total. The van der Waals surface area contributed by atoms with Crippen LogP contribution in [0.2, 0.25) is 5.02 Å². The predicted octanol–water partition coefficient (Wildman–Crippen LogP) is 3.75. The Morgan fingerprint density at radius 1 is 1.36 bits per heavy atom. The Morgan fingerprint density at radius 2 is 2.08 bits per heavy atom. The van der Waals surface area contributed by atoms with Gasteiger partial charge in [-0.2, -0.15) is 5.26 Å². The molecule has 0 saturated carbocycles.